The maximum atomic E-state index is 12.4. The van der Waals surface area contributed by atoms with E-state index in [9.17, 15) is 4.79 Å². The molecular formula is C13H15N5O. The second-order valence-electron chi connectivity index (χ2n) is 4.78. The summed E-state index contributed by atoms with van der Waals surface area (Å²) in [6, 6.07) is 5.52. The summed E-state index contributed by atoms with van der Waals surface area (Å²) in [5, 5.41) is 7.89. The fourth-order valence-electron chi connectivity index (χ4n) is 2.35. The number of amides is 1. The van der Waals surface area contributed by atoms with Gasteiger partial charge in [0.1, 0.15) is 5.69 Å². The van der Waals surface area contributed by atoms with Crippen LogP contribution in [0.5, 0.6) is 0 Å². The minimum atomic E-state index is 0.0132. The van der Waals surface area contributed by atoms with Crippen molar-refractivity contribution < 1.29 is 4.79 Å². The molecule has 1 aliphatic heterocycles. The van der Waals surface area contributed by atoms with E-state index in [-0.39, 0.29) is 5.91 Å². The van der Waals surface area contributed by atoms with Crippen molar-refractivity contribution >= 4 is 11.6 Å². The predicted molar refractivity (Wildman–Crippen MR) is 70.3 cm³/mol. The van der Waals surface area contributed by atoms with Gasteiger partial charge in [-0.3, -0.25) is 9.48 Å². The Morgan fingerprint density at radius 3 is 3.00 bits per heavy atom. The molecule has 0 saturated heterocycles. The Morgan fingerprint density at radius 2 is 2.26 bits per heavy atom. The van der Waals surface area contributed by atoms with E-state index >= 15 is 0 Å². The van der Waals surface area contributed by atoms with Crippen molar-refractivity contribution in [1.82, 2.24) is 19.9 Å². The Bertz CT molecular complexity index is 634. The van der Waals surface area contributed by atoms with Crippen molar-refractivity contribution in [2.24, 2.45) is 7.05 Å². The van der Waals surface area contributed by atoms with Crippen LogP contribution >= 0.6 is 0 Å². The minimum Gasteiger partial charge on any atom is -0.399 e. The first-order valence-electron chi connectivity index (χ1n) is 6.16. The number of nitrogens with zero attached hydrogens (tertiary/aromatic N) is 4. The average molecular weight is 257 g/mol. The van der Waals surface area contributed by atoms with Crippen LogP contribution in [0.1, 0.15) is 21.6 Å². The maximum Gasteiger partial charge on any atom is 0.254 e. The quantitative estimate of drug-likeness (QED) is 0.799. The fraction of sp³-hybridized carbons (Fsp3) is 0.308. The van der Waals surface area contributed by atoms with Crippen molar-refractivity contribution in [3.63, 3.8) is 0 Å². The Morgan fingerprint density at radius 1 is 1.42 bits per heavy atom. The van der Waals surface area contributed by atoms with Crippen molar-refractivity contribution in [2.75, 3.05) is 12.3 Å². The molecule has 2 aromatic rings. The minimum absolute atomic E-state index is 0.0132. The number of carbonyl (C=O) groups is 1. The molecule has 0 saturated carbocycles. The normalized spacial score (nSPS) is 14.6. The van der Waals surface area contributed by atoms with Crippen molar-refractivity contribution in [3.8, 4) is 0 Å². The Labute approximate surface area is 110 Å². The van der Waals surface area contributed by atoms with Crippen LogP contribution in [0.2, 0.25) is 0 Å². The molecule has 98 valence electrons. The van der Waals surface area contributed by atoms with E-state index in [0.29, 0.717) is 24.3 Å². The predicted octanol–water partition coefficient (Wildman–Crippen LogP) is 0.596. The van der Waals surface area contributed by atoms with E-state index in [1.54, 1.807) is 15.6 Å². The molecule has 2 heterocycles. The Kier molecular flexibility index (Phi) is 2.70. The standard InChI is InChI=1S/C13H15N5O/c1-17-7-11(15-16-17)8-18-5-4-9-2-3-10(14)6-12(9)13(18)19/h2-3,6-7H,4-5,8,14H2,1H3. The lowest BCUT2D eigenvalue weighted by molar-refractivity contribution is 0.0725. The number of hydrogen-bond acceptors (Lipinski definition) is 4. The highest BCUT2D eigenvalue weighted by Gasteiger charge is 2.24. The highest BCUT2D eigenvalue weighted by molar-refractivity contribution is 5.97. The molecule has 0 bridgehead atoms. The first-order chi connectivity index (χ1) is 9.13. The number of aromatic nitrogens is 3. The van der Waals surface area contributed by atoms with Crippen LogP contribution < -0.4 is 5.73 Å². The van der Waals surface area contributed by atoms with Gasteiger partial charge >= 0.3 is 0 Å². The second-order valence-corrected chi connectivity index (χ2v) is 4.78. The zero-order valence-electron chi connectivity index (χ0n) is 10.7. The summed E-state index contributed by atoms with van der Waals surface area (Å²) in [6.07, 6.45) is 2.67. The molecule has 0 spiro atoms. The Balaban J connectivity index is 1.85. The van der Waals surface area contributed by atoms with Gasteiger partial charge in [-0.1, -0.05) is 11.3 Å². The lowest BCUT2D eigenvalue weighted by Gasteiger charge is -2.28. The van der Waals surface area contributed by atoms with Gasteiger partial charge in [0.25, 0.3) is 5.91 Å². The molecule has 1 aromatic carbocycles. The van der Waals surface area contributed by atoms with Crippen molar-refractivity contribution in [3.05, 3.63) is 41.2 Å². The molecule has 0 fully saturated rings. The number of carbonyl (C=O) groups excluding carboxylic acids is 1. The van der Waals surface area contributed by atoms with Crippen LogP contribution in [0, 0.1) is 0 Å². The summed E-state index contributed by atoms with van der Waals surface area (Å²) in [5.74, 6) is 0.0132. The maximum absolute atomic E-state index is 12.4. The smallest absolute Gasteiger partial charge is 0.254 e. The van der Waals surface area contributed by atoms with Gasteiger partial charge in [-0.25, -0.2) is 0 Å². The van der Waals surface area contributed by atoms with Crippen molar-refractivity contribution in [2.45, 2.75) is 13.0 Å². The van der Waals surface area contributed by atoms with Crippen LogP contribution in [-0.2, 0) is 20.0 Å². The van der Waals surface area contributed by atoms with Gasteiger partial charge in [-0.15, -0.1) is 5.10 Å². The summed E-state index contributed by atoms with van der Waals surface area (Å²) in [7, 11) is 1.81. The highest BCUT2D eigenvalue weighted by Crippen LogP contribution is 2.22. The molecular weight excluding hydrogens is 242 g/mol. The van der Waals surface area contributed by atoms with Crippen LogP contribution in [0.3, 0.4) is 0 Å². The summed E-state index contributed by atoms with van der Waals surface area (Å²) in [5.41, 5.74) is 8.93. The number of fused-ring (bicyclic) bond motifs is 1. The number of nitrogen functional groups attached to an aromatic ring is 1. The van der Waals surface area contributed by atoms with Crippen LogP contribution in [0.4, 0.5) is 5.69 Å². The third-order valence-corrected chi connectivity index (χ3v) is 3.31. The third-order valence-electron chi connectivity index (χ3n) is 3.31. The highest BCUT2D eigenvalue weighted by atomic mass is 16.2. The zero-order chi connectivity index (χ0) is 13.4. The molecule has 6 heteroatoms. The van der Waals surface area contributed by atoms with Gasteiger partial charge in [-0.05, 0) is 24.1 Å². The Hall–Kier alpha value is -2.37. The molecule has 1 amide bonds. The van der Waals surface area contributed by atoms with Gasteiger partial charge in [-0.2, -0.15) is 0 Å². The SMILES string of the molecule is Cn1cc(CN2CCc3ccc(N)cc3C2=O)nn1. The molecule has 0 aliphatic carbocycles. The average Bonchev–Trinajstić information content (AvgIpc) is 2.79. The number of hydrogen-bond donors (Lipinski definition) is 1. The van der Waals surface area contributed by atoms with E-state index in [1.807, 2.05) is 25.4 Å². The molecule has 0 atom stereocenters. The number of anilines is 1. The van der Waals surface area contributed by atoms with Crippen molar-refractivity contribution in [1.29, 1.82) is 0 Å². The summed E-state index contributed by atoms with van der Waals surface area (Å²) in [4.78, 5) is 14.2. The van der Waals surface area contributed by atoms with Crippen LogP contribution in [0.25, 0.3) is 0 Å². The topological polar surface area (TPSA) is 77.0 Å². The van der Waals surface area contributed by atoms with Gasteiger partial charge < -0.3 is 10.6 Å². The molecule has 2 N–H and O–H groups in total. The van der Waals surface area contributed by atoms with E-state index in [4.69, 9.17) is 5.73 Å². The molecule has 1 aromatic heterocycles. The molecule has 1 aliphatic rings. The first-order valence-corrected chi connectivity index (χ1v) is 6.16. The van der Waals surface area contributed by atoms with Gasteiger partial charge in [0.15, 0.2) is 0 Å². The number of aryl methyl sites for hydroxylation is 1. The molecule has 0 radical (unpaired) electrons. The van der Waals surface area contributed by atoms with E-state index < -0.39 is 0 Å². The third kappa shape index (κ3) is 2.16. The number of rotatable bonds is 2. The zero-order valence-corrected chi connectivity index (χ0v) is 10.7. The monoisotopic (exact) mass is 257 g/mol. The lowest BCUT2D eigenvalue weighted by Crippen LogP contribution is -2.37. The van der Waals surface area contributed by atoms with Crippen LogP contribution in [-0.4, -0.2) is 32.3 Å². The largest absolute Gasteiger partial charge is 0.399 e. The van der Waals surface area contributed by atoms with Gasteiger partial charge in [0.05, 0.1) is 6.54 Å². The molecule has 3 rings (SSSR count). The fourth-order valence-corrected chi connectivity index (χ4v) is 2.35. The lowest BCUT2D eigenvalue weighted by atomic mass is 9.98. The number of nitrogens with two attached hydrogens (primary N) is 1. The first kappa shape index (κ1) is 11.7. The molecule has 6 nitrogen and oxygen atoms in total. The summed E-state index contributed by atoms with van der Waals surface area (Å²) >= 11 is 0. The summed E-state index contributed by atoms with van der Waals surface area (Å²) in [6.45, 7) is 1.19. The second kappa shape index (κ2) is 4.38. The van der Waals surface area contributed by atoms with E-state index in [2.05, 4.69) is 10.3 Å². The number of benzene rings is 1. The van der Waals surface area contributed by atoms with Gasteiger partial charge in [0, 0.05) is 31.0 Å². The van der Waals surface area contributed by atoms with E-state index in [1.165, 1.54) is 0 Å². The molecule has 0 unspecified atom stereocenters. The van der Waals surface area contributed by atoms with E-state index in [0.717, 1.165) is 17.7 Å². The summed E-state index contributed by atoms with van der Waals surface area (Å²) < 4.78 is 1.63. The molecule has 19 heavy (non-hydrogen) atoms. The van der Waals surface area contributed by atoms with Crippen LogP contribution in [0.15, 0.2) is 24.4 Å². The van der Waals surface area contributed by atoms with Gasteiger partial charge in [0.2, 0.25) is 0 Å².